The minimum Gasteiger partial charge on any atom is -0.490 e. The molecule has 30 heavy (non-hydrogen) atoms. The van der Waals surface area contributed by atoms with E-state index in [0.29, 0.717) is 41.6 Å². The van der Waals surface area contributed by atoms with Crippen LogP contribution in [0.1, 0.15) is 22.8 Å². The normalized spacial score (nSPS) is 10.5. The zero-order valence-electron chi connectivity index (χ0n) is 16.3. The minimum absolute atomic E-state index is 0.314. The first-order valence-electron chi connectivity index (χ1n) is 8.92. The molecule has 0 atom stereocenters. The third-order valence-corrected chi connectivity index (χ3v) is 4.05. The number of ether oxygens (including phenoxy) is 3. The second kappa shape index (κ2) is 11.6. The van der Waals surface area contributed by atoms with Gasteiger partial charge in [0.1, 0.15) is 12.4 Å². The lowest BCUT2D eigenvalue weighted by atomic mass is 10.2. The molecule has 2 aromatic rings. The van der Waals surface area contributed by atoms with Crippen molar-refractivity contribution in [3.63, 3.8) is 0 Å². The number of aliphatic carboxylic acids is 1. The highest BCUT2D eigenvalue weighted by molar-refractivity contribution is 9.10. The molecule has 8 nitrogen and oxygen atoms in total. The third kappa shape index (κ3) is 6.93. The van der Waals surface area contributed by atoms with E-state index in [0.717, 1.165) is 4.47 Å². The highest BCUT2D eigenvalue weighted by Crippen LogP contribution is 2.28. The number of rotatable bonds is 11. The Morgan fingerprint density at radius 3 is 2.60 bits per heavy atom. The van der Waals surface area contributed by atoms with Crippen LogP contribution in [0.2, 0.25) is 0 Å². The van der Waals surface area contributed by atoms with Gasteiger partial charge in [0.25, 0.3) is 5.91 Å². The number of carboxylic acids is 1. The lowest BCUT2D eigenvalue weighted by Gasteiger charge is -2.12. The van der Waals surface area contributed by atoms with Crippen molar-refractivity contribution in [2.45, 2.75) is 6.92 Å². The molecule has 0 aliphatic rings. The lowest BCUT2D eigenvalue weighted by molar-refractivity contribution is -0.139. The molecule has 0 bridgehead atoms. The minimum atomic E-state index is -1.10. The molecular weight excluding hydrogens is 456 g/mol. The number of nitrogens with zero attached hydrogens (tertiary/aromatic N) is 1. The van der Waals surface area contributed by atoms with Crippen molar-refractivity contribution in [2.24, 2.45) is 5.10 Å². The first-order valence-corrected chi connectivity index (χ1v) is 9.72. The topological polar surface area (TPSA) is 106 Å². The second-order valence-electron chi connectivity index (χ2n) is 5.76. The summed E-state index contributed by atoms with van der Waals surface area (Å²) in [5.41, 5.74) is 3.25. The standard InChI is InChI=1S/C21H21BrN2O6/c1-3-9-29-18-7-5-14(11-19(18)28-4-2)21(27)24-23-12-15-10-16(22)6-8-17(15)30-13-20(25)26/h3,5-8,10-12H,1,4,9,13H2,2H3,(H,24,27)(H,25,26)/b23-12+. The van der Waals surface area contributed by atoms with Crippen LogP contribution < -0.4 is 19.6 Å². The zero-order chi connectivity index (χ0) is 21.9. The van der Waals surface area contributed by atoms with E-state index in [2.05, 4.69) is 33.0 Å². The molecule has 0 saturated heterocycles. The van der Waals surface area contributed by atoms with Crippen LogP contribution in [-0.4, -0.2) is 43.0 Å². The van der Waals surface area contributed by atoms with Gasteiger partial charge in [0.05, 0.1) is 12.8 Å². The molecule has 0 spiro atoms. The summed E-state index contributed by atoms with van der Waals surface area (Å²) in [5.74, 6) is -0.287. The number of hydrogen-bond donors (Lipinski definition) is 2. The molecule has 2 aromatic carbocycles. The summed E-state index contributed by atoms with van der Waals surface area (Å²) in [7, 11) is 0. The molecule has 0 aromatic heterocycles. The van der Waals surface area contributed by atoms with Crippen LogP contribution in [-0.2, 0) is 4.79 Å². The number of hydrazone groups is 1. The van der Waals surface area contributed by atoms with E-state index >= 15 is 0 Å². The molecule has 0 radical (unpaired) electrons. The molecular formula is C21H21BrN2O6. The quantitative estimate of drug-likeness (QED) is 0.291. The Hall–Kier alpha value is -3.33. The van der Waals surface area contributed by atoms with E-state index in [-0.39, 0.29) is 0 Å². The van der Waals surface area contributed by atoms with E-state index in [4.69, 9.17) is 19.3 Å². The number of carbonyl (C=O) groups is 2. The lowest BCUT2D eigenvalue weighted by Crippen LogP contribution is -2.18. The monoisotopic (exact) mass is 476 g/mol. The van der Waals surface area contributed by atoms with Crippen molar-refractivity contribution in [3.8, 4) is 17.2 Å². The number of halogens is 1. The summed E-state index contributed by atoms with van der Waals surface area (Å²) >= 11 is 3.33. The fourth-order valence-electron chi connectivity index (χ4n) is 2.30. The highest BCUT2D eigenvalue weighted by Gasteiger charge is 2.11. The van der Waals surface area contributed by atoms with Crippen molar-refractivity contribution in [1.29, 1.82) is 0 Å². The third-order valence-electron chi connectivity index (χ3n) is 3.56. The Morgan fingerprint density at radius 2 is 1.90 bits per heavy atom. The number of benzene rings is 2. The van der Waals surface area contributed by atoms with Crippen LogP contribution in [0.25, 0.3) is 0 Å². The molecule has 0 aliphatic heterocycles. The van der Waals surface area contributed by atoms with Gasteiger partial charge in [-0.05, 0) is 43.3 Å². The van der Waals surface area contributed by atoms with Crippen LogP contribution in [0, 0.1) is 0 Å². The summed E-state index contributed by atoms with van der Waals surface area (Å²) in [4.78, 5) is 23.1. The Labute approximate surface area is 182 Å². The van der Waals surface area contributed by atoms with Gasteiger partial charge in [-0.2, -0.15) is 5.10 Å². The van der Waals surface area contributed by atoms with Gasteiger partial charge in [-0.25, -0.2) is 10.2 Å². The van der Waals surface area contributed by atoms with Crippen LogP contribution in [0.3, 0.4) is 0 Å². The SMILES string of the molecule is C=CCOc1ccc(C(=O)N/N=C/c2cc(Br)ccc2OCC(=O)O)cc1OCC. The predicted octanol–water partition coefficient (Wildman–Crippen LogP) is 3.64. The summed E-state index contributed by atoms with van der Waals surface area (Å²) in [6, 6.07) is 9.79. The van der Waals surface area contributed by atoms with Gasteiger partial charge >= 0.3 is 5.97 Å². The van der Waals surface area contributed by atoms with Crippen molar-refractivity contribution in [3.05, 3.63) is 64.7 Å². The molecule has 9 heteroatoms. The maximum absolute atomic E-state index is 12.4. The van der Waals surface area contributed by atoms with Crippen LogP contribution >= 0.6 is 15.9 Å². The Kier molecular flexibility index (Phi) is 8.89. The molecule has 0 heterocycles. The van der Waals surface area contributed by atoms with E-state index in [1.54, 1.807) is 42.5 Å². The highest BCUT2D eigenvalue weighted by atomic mass is 79.9. The summed E-state index contributed by atoms with van der Waals surface area (Å²) in [6.07, 6.45) is 2.98. The number of carbonyl (C=O) groups excluding carboxylic acids is 1. The molecule has 2 N–H and O–H groups in total. The molecule has 158 valence electrons. The van der Waals surface area contributed by atoms with Gasteiger partial charge in [-0.3, -0.25) is 4.79 Å². The van der Waals surface area contributed by atoms with E-state index < -0.39 is 18.5 Å². The fourth-order valence-corrected chi connectivity index (χ4v) is 2.68. The summed E-state index contributed by atoms with van der Waals surface area (Å²) < 4.78 is 17.0. The van der Waals surface area contributed by atoms with E-state index in [9.17, 15) is 9.59 Å². The first-order chi connectivity index (χ1) is 14.4. The number of amides is 1. The largest absolute Gasteiger partial charge is 0.490 e. The predicted molar refractivity (Wildman–Crippen MR) is 116 cm³/mol. The zero-order valence-corrected chi connectivity index (χ0v) is 17.8. The second-order valence-corrected chi connectivity index (χ2v) is 6.67. The van der Waals surface area contributed by atoms with Crippen molar-refractivity contribution >= 4 is 34.0 Å². The van der Waals surface area contributed by atoms with Crippen molar-refractivity contribution in [2.75, 3.05) is 19.8 Å². The molecule has 2 rings (SSSR count). The average molecular weight is 477 g/mol. The Balaban J connectivity index is 2.12. The summed E-state index contributed by atoms with van der Waals surface area (Å²) in [6.45, 7) is 5.67. The van der Waals surface area contributed by atoms with Crippen LogP contribution in [0.5, 0.6) is 17.2 Å². The first kappa shape index (κ1) is 23.0. The van der Waals surface area contributed by atoms with E-state index in [1.165, 1.54) is 6.21 Å². The summed E-state index contributed by atoms with van der Waals surface area (Å²) in [5, 5.41) is 12.7. The molecule has 0 aliphatic carbocycles. The van der Waals surface area contributed by atoms with Gasteiger partial charge in [0, 0.05) is 15.6 Å². The van der Waals surface area contributed by atoms with Gasteiger partial charge in [0.15, 0.2) is 18.1 Å². The number of carboxylic acid groups (broad SMARTS) is 1. The average Bonchev–Trinajstić information content (AvgIpc) is 2.72. The number of nitrogens with one attached hydrogen (secondary N) is 1. The molecule has 0 unspecified atom stereocenters. The molecule has 0 fully saturated rings. The van der Waals surface area contributed by atoms with Crippen molar-refractivity contribution < 1.29 is 28.9 Å². The Morgan fingerprint density at radius 1 is 1.13 bits per heavy atom. The van der Waals surface area contributed by atoms with Crippen LogP contribution in [0.4, 0.5) is 0 Å². The molecule has 0 saturated carbocycles. The Bertz CT molecular complexity index is 945. The number of hydrogen-bond acceptors (Lipinski definition) is 6. The van der Waals surface area contributed by atoms with Crippen molar-refractivity contribution in [1.82, 2.24) is 5.43 Å². The van der Waals surface area contributed by atoms with Gasteiger partial charge < -0.3 is 19.3 Å². The maximum Gasteiger partial charge on any atom is 0.341 e. The van der Waals surface area contributed by atoms with Crippen LogP contribution in [0.15, 0.2) is 58.6 Å². The van der Waals surface area contributed by atoms with E-state index in [1.807, 2.05) is 6.92 Å². The smallest absolute Gasteiger partial charge is 0.341 e. The fraction of sp³-hybridized carbons (Fsp3) is 0.190. The van der Waals surface area contributed by atoms with Gasteiger partial charge in [0.2, 0.25) is 0 Å². The maximum atomic E-state index is 12.4. The van der Waals surface area contributed by atoms with Gasteiger partial charge in [-0.15, -0.1) is 0 Å². The van der Waals surface area contributed by atoms with Gasteiger partial charge in [-0.1, -0.05) is 28.6 Å². The molecule has 1 amide bonds.